The number of fused-ring (bicyclic) bond motifs is 2. The van der Waals surface area contributed by atoms with Gasteiger partial charge in [-0.2, -0.15) is 0 Å². The molecule has 0 fully saturated rings. The number of halogens is 3. The quantitative estimate of drug-likeness (QED) is 0.386. The summed E-state index contributed by atoms with van der Waals surface area (Å²) in [6.45, 7) is 0.0392. The number of aromatic nitrogens is 2. The largest absolute Gasteiger partial charge is 0.573 e. The molecule has 5 rings (SSSR count). The van der Waals surface area contributed by atoms with Crippen molar-refractivity contribution in [1.29, 1.82) is 0 Å². The summed E-state index contributed by atoms with van der Waals surface area (Å²) in [7, 11) is 1.92. The highest BCUT2D eigenvalue weighted by Gasteiger charge is 2.42. The van der Waals surface area contributed by atoms with Gasteiger partial charge in [0.25, 0.3) is 12.4 Å². The Morgan fingerprint density at radius 3 is 2.62 bits per heavy atom. The molecule has 0 saturated heterocycles. The van der Waals surface area contributed by atoms with E-state index in [1.165, 1.54) is 24.3 Å². The van der Waals surface area contributed by atoms with Crippen LogP contribution < -0.4 is 14.8 Å². The minimum Gasteiger partial charge on any atom is -0.491 e. The van der Waals surface area contributed by atoms with Gasteiger partial charge in [0.05, 0.1) is 6.61 Å². The number of carboxylic acid groups (broad SMARTS) is 1. The van der Waals surface area contributed by atoms with E-state index in [2.05, 4.69) is 15.0 Å². The number of hydrogen-bond donors (Lipinski definition) is 2. The van der Waals surface area contributed by atoms with Crippen molar-refractivity contribution in [3.8, 4) is 11.5 Å². The summed E-state index contributed by atoms with van der Waals surface area (Å²) in [5, 5.41) is 10.9. The predicted octanol–water partition coefficient (Wildman–Crippen LogP) is 4.63. The fourth-order valence-electron chi connectivity index (χ4n) is 4.36. The Morgan fingerprint density at radius 1 is 1.19 bits per heavy atom. The van der Waals surface area contributed by atoms with Crippen LogP contribution in [0.1, 0.15) is 28.0 Å². The molecule has 2 aromatic carbocycles. The number of nitrogens with one attached hydrogen (secondary N) is 1. The Kier molecular flexibility index (Phi) is 7.05. The second kappa shape index (κ2) is 10.2. The molecule has 0 unspecified atom stereocenters. The number of carbonyl (C=O) groups is 2. The number of alkyl halides is 3. The molecule has 1 amide bonds. The van der Waals surface area contributed by atoms with Gasteiger partial charge in [-0.25, -0.2) is 0 Å². The molecule has 37 heavy (non-hydrogen) atoms. The first-order chi connectivity index (χ1) is 17.7. The van der Waals surface area contributed by atoms with Gasteiger partial charge in [-0.15, -0.1) is 13.2 Å². The zero-order valence-corrected chi connectivity index (χ0v) is 19.5. The first-order valence-corrected chi connectivity index (χ1v) is 11.1. The highest BCUT2D eigenvalue weighted by molar-refractivity contribution is 5.99. The third-order valence-electron chi connectivity index (χ3n) is 5.96. The van der Waals surface area contributed by atoms with Crippen LogP contribution in [0.25, 0.3) is 10.9 Å². The lowest BCUT2D eigenvalue weighted by Crippen LogP contribution is -2.50. The molecular weight excluding hydrogens is 491 g/mol. The van der Waals surface area contributed by atoms with Crippen molar-refractivity contribution in [1.82, 2.24) is 14.9 Å². The van der Waals surface area contributed by atoms with Gasteiger partial charge in [0.15, 0.2) is 0 Å². The first kappa shape index (κ1) is 25.5. The number of carbonyl (C=O) groups excluding carboxylic acids is 1. The third-order valence-corrected chi connectivity index (χ3v) is 5.96. The van der Waals surface area contributed by atoms with Crippen molar-refractivity contribution >= 4 is 23.3 Å². The molecule has 2 aromatic heterocycles. The van der Waals surface area contributed by atoms with Gasteiger partial charge in [-0.1, -0.05) is 12.1 Å². The van der Waals surface area contributed by atoms with Crippen LogP contribution in [-0.2, 0) is 17.4 Å². The van der Waals surface area contributed by atoms with Gasteiger partial charge in [0.1, 0.15) is 22.7 Å². The summed E-state index contributed by atoms with van der Waals surface area (Å²) in [5.74, 6) is -0.177. The number of nitrogens with zero attached hydrogens (tertiary/aromatic N) is 2. The molecule has 1 aliphatic rings. The molecule has 1 aliphatic heterocycles. The maximum atomic E-state index is 13.4. The lowest BCUT2D eigenvalue weighted by atomic mass is 9.81. The second-order valence-electron chi connectivity index (χ2n) is 8.19. The summed E-state index contributed by atoms with van der Waals surface area (Å²) >= 11 is 0. The minimum atomic E-state index is -4.80. The number of ether oxygens (including phenoxy) is 2. The van der Waals surface area contributed by atoms with Crippen LogP contribution in [0, 0.1) is 0 Å². The van der Waals surface area contributed by atoms with Crippen molar-refractivity contribution in [3.63, 3.8) is 0 Å². The minimum absolute atomic E-state index is 0.250. The SMILES string of the molecule is Cn1ccc2cc(C(=O)N[C@]3(c4ccc(OC(F)(F)F)cc4)CCOc4cccnc43)ccc21.O=CO. The molecule has 0 spiro atoms. The lowest BCUT2D eigenvalue weighted by molar-refractivity contribution is -0.274. The van der Waals surface area contributed by atoms with Gasteiger partial charge in [-0.3, -0.25) is 14.6 Å². The van der Waals surface area contributed by atoms with Gasteiger partial charge in [0.2, 0.25) is 0 Å². The van der Waals surface area contributed by atoms with Gasteiger partial charge in [-0.05, 0) is 54.1 Å². The van der Waals surface area contributed by atoms with E-state index in [4.69, 9.17) is 14.6 Å². The highest BCUT2D eigenvalue weighted by Crippen LogP contribution is 2.41. The van der Waals surface area contributed by atoms with E-state index >= 15 is 0 Å². The fourth-order valence-corrected chi connectivity index (χ4v) is 4.36. The van der Waals surface area contributed by atoms with E-state index in [-0.39, 0.29) is 24.7 Å². The van der Waals surface area contributed by atoms with Gasteiger partial charge < -0.3 is 24.5 Å². The van der Waals surface area contributed by atoms with E-state index in [1.807, 2.05) is 29.9 Å². The first-order valence-electron chi connectivity index (χ1n) is 11.1. The van der Waals surface area contributed by atoms with Gasteiger partial charge in [0, 0.05) is 42.3 Å². The summed E-state index contributed by atoms with van der Waals surface area (Å²) < 4.78 is 49.6. The normalized spacial score (nSPS) is 16.5. The molecule has 0 aliphatic carbocycles. The summed E-state index contributed by atoms with van der Waals surface area (Å²) in [5.41, 5.74) is 1.40. The average Bonchev–Trinajstić information content (AvgIpc) is 3.24. The molecule has 0 radical (unpaired) electrons. The van der Waals surface area contributed by atoms with Gasteiger partial charge >= 0.3 is 6.36 Å². The van der Waals surface area contributed by atoms with E-state index in [1.54, 1.807) is 30.5 Å². The third kappa shape index (κ3) is 5.35. The van der Waals surface area contributed by atoms with Crippen LogP contribution in [0.2, 0.25) is 0 Å². The molecule has 4 aromatic rings. The maximum Gasteiger partial charge on any atom is 0.573 e. The summed E-state index contributed by atoms with van der Waals surface area (Å²) in [6.07, 6.45) is -0.950. The van der Waals surface area contributed by atoms with Crippen LogP contribution in [0.15, 0.2) is 73.1 Å². The van der Waals surface area contributed by atoms with Crippen molar-refractivity contribution in [3.05, 3.63) is 89.9 Å². The number of amides is 1. The number of pyridine rings is 1. The van der Waals surface area contributed by atoms with Crippen LogP contribution in [0.5, 0.6) is 11.5 Å². The molecule has 3 heterocycles. The Morgan fingerprint density at radius 2 is 1.92 bits per heavy atom. The van der Waals surface area contributed by atoms with E-state index in [9.17, 15) is 18.0 Å². The van der Waals surface area contributed by atoms with E-state index in [0.29, 0.717) is 29.0 Å². The van der Waals surface area contributed by atoms with Crippen molar-refractivity contribution in [2.45, 2.75) is 18.3 Å². The van der Waals surface area contributed by atoms with E-state index < -0.39 is 11.9 Å². The molecule has 0 saturated carbocycles. The van der Waals surface area contributed by atoms with Crippen molar-refractivity contribution in [2.24, 2.45) is 7.05 Å². The number of aryl methyl sites for hydroxylation is 1. The zero-order valence-electron chi connectivity index (χ0n) is 19.5. The number of hydrogen-bond acceptors (Lipinski definition) is 5. The molecule has 1 atom stereocenters. The van der Waals surface area contributed by atoms with Crippen LogP contribution >= 0.6 is 0 Å². The highest BCUT2D eigenvalue weighted by atomic mass is 19.4. The van der Waals surface area contributed by atoms with Crippen LogP contribution in [0.4, 0.5) is 13.2 Å². The van der Waals surface area contributed by atoms with Crippen LogP contribution in [0.3, 0.4) is 0 Å². The van der Waals surface area contributed by atoms with Crippen molar-refractivity contribution in [2.75, 3.05) is 6.61 Å². The lowest BCUT2D eigenvalue weighted by Gasteiger charge is -2.39. The molecule has 0 bridgehead atoms. The predicted molar refractivity (Wildman–Crippen MR) is 127 cm³/mol. The summed E-state index contributed by atoms with van der Waals surface area (Å²) in [6, 6.07) is 16.3. The fraction of sp³-hybridized carbons (Fsp3) is 0.192. The maximum absolute atomic E-state index is 13.4. The smallest absolute Gasteiger partial charge is 0.491 e. The molecule has 11 heteroatoms. The standard InChI is InChI=1S/C25H20F3N3O3.CH2O2/c1-31-13-10-16-15-17(4-9-20(16)31)23(32)30-24(11-14-33-21-3-2-12-29-22(21)24)18-5-7-19(8-6-18)34-25(26,27)28;2-1-3/h2-10,12-13,15H,11,14H2,1H3,(H,30,32);1H,(H,2,3)/t24-;/m0./s1. The topological polar surface area (TPSA) is 103 Å². The molecule has 8 nitrogen and oxygen atoms in total. The molecule has 2 N–H and O–H groups in total. The monoisotopic (exact) mass is 513 g/mol. The number of benzene rings is 2. The second-order valence-corrected chi connectivity index (χ2v) is 8.19. The summed E-state index contributed by atoms with van der Waals surface area (Å²) in [4.78, 5) is 26.3. The Balaban J connectivity index is 0.00000102. The van der Waals surface area contributed by atoms with Crippen molar-refractivity contribution < 1.29 is 37.3 Å². The Hall–Kier alpha value is -4.54. The zero-order chi connectivity index (χ0) is 26.6. The molecule has 192 valence electrons. The molecular formula is C26H22F3N3O5. The van der Waals surface area contributed by atoms with Crippen LogP contribution in [-0.4, -0.2) is 40.0 Å². The number of rotatable bonds is 4. The Bertz CT molecular complexity index is 1420. The Labute approximate surface area is 209 Å². The van der Waals surface area contributed by atoms with E-state index in [0.717, 1.165) is 10.9 Å². The average molecular weight is 513 g/mol.